The third kappa shape index (κ3) is 4.80. The first-order valence-corrected chi connectivity index (χ1v) is 14.1. The van der Waals surface area contributed by atoms with E-state index in [1.165, 1.54) is 16.0 Å². The van der Waals surface area contributed by atoms with Gasteiger partial charge in [-0.15, -0.1) is 11.3 Å². The summed E-state index contributed by atoms with van der Waals surface area (Å²) in [6.07, 6.45) is 6.16. The highest BCUT2D eigenvalue weighted by molar-refractivity contribution is 7.16. The Bertz CT molecular complexity index is 1650. The molecule has 1 aliphatic carbocycles. The number of aromatic nitrogens is 1. The molecule has 6 rings (SSSR count). The Balaban J connectivity index is 1.39. The van der Waals surface area contributed by atoms with E-state index < -0.39 is 0 Å². The van der Waals surface area contributed by atoms with Gasteiger partial charge in [0.25, 0.3) is 5.91 Å². The highest BCUT2D eigenvalue weighted by Gasteiger charge is 2.25. The number of halogens is 1. The van der Waals surface area contributed by atoms with Crippen LogP contribution in [0.25, 0.3) is 10.9 Å². The third-order valence-electron chi connectivity index (χ3n) is 7.26. The molecule has 38 heavy (non-hydrogen) atoms. The number of hydrogen-bond acceptors (Lipinski definition) is 3. The molecule has 0 saturated carbocycles. The van der Waals surface area contributed by atoms with Crippen LogP contribution in [0.15, 0.2) is 83.9 Å². The fraction of sp³-hybridized carbons (Fsp3) is 0.188. The number of amides is 1. The quantitative estimate of drug-likeness (QED) is 0.216. The van der Waals surface area contributed by atoms with Crippen molar-refractivity contribution in [3.05, 3.63) is 117 Å². The smallest absolute Gasteiger partial charge is 0.259 e. The fourth-order valence-corrected chi connectivity index (χ4v) is 6.67. The van der Waals surface area contributed by atoms with Gasteiger partial charge in [-0.1, -0.05) is 60.1 Å². The molecule has 0 radical (unpaired) electrons. The molecule has 0 unspecified atom stereocenters. The number of benzene rings is 3. The topological polar surface area (TPSA) is 46.4 Å². The molecule has 1 amide bonds. The van der Waals surface area contributed by atoms with Crippen molar-refractivity contribution in [3.63, 3.8) is 0 Å². The van der Waals surface area contributed by atoms with Gasteiger partial charge in [-0.2, -0.15) is 0 Å². The summed E-state index contributed by atoms with van der Waals surface area (Å²) >= 11 is 7.77. The van der Waals surface area contributed by atoms with E-state index in [2.05, 4.69) is 53.2 Å². The number of fused-ring (bicyclic) bond motifs is 2. The van der Waals surface area contributed by atoms with Crippen LogP contribution in [0, 0.1) is 6.92 Å². The average Bonchev–Trinajstić information content (AvgIpc) is 3.44. The minimum Gasteiger partial charge on any atom is -0.340 e. The summed E-state index contributed by atoms with van der Waals surface area (Å²) in [7, 11) is 0. The molecule has 0 fully saturated rings. The third-order valence-corrected chi connectivity index (χ3v) is 8.71. The number of carbonyl (C=O) groups is 1. The lowest BCUT2D eigenvalue weighted by atomic mass is 9.95. The Morgan fingerprint density at radius 2 is 1.74 bits per heavy atom. The largest absolute Gasteiger partial charge is 0.340 e. The number of para-hydroxylation sites is 2. The molecule has 2 heterocycles. The first kappa shape index (κ1) is 24.7. The monoisotopic (exact) mass is 537 g/mol. The van der Waals surface area contributed by atoms with Gasteiger partial charge in [0.05, 0.1) is 5.56 Å². The van der Waals surface area contributed by atoms with Gasteiger partial charge in [-0.05, 0) is 74.1 Å². The summed E-state index contributed by atoms with van der Waals surface area (Å²) in [5.41, 5.74) is 7.26. The predicted octanol–water partition coefficient (Wildman–Crippen LogP) is 8.59. The molecule has 1 aliphatic rings. The molecule has 4 nitrogen and oxygen atoms in total. The number of aliphatic imine (C=N–C) groups is 1. The van der Waals surface area contributed by atoms with Gasteiger partial charge in [0, 0.05) is 50.5 Å². The van der Waals surface area contributed by atoms with Crippen molar-refractivity contribution >= 4 is 56.7 Å². The van der Waals surface area contributed by atoms with Crippen LogP contribution < -0.4 is 5.32 Å². The predicted molar refractivity (Wildman–Crippen MR) is 160 cm³/mol. The number of nitrogens with zero attached hydrogens (tertiary/aromatic N) is 2. The van der Waals surface area contributed by atoms with Crippen molar-refractivity contribution in [2.45, 2.75) is 39.2 Å². The average molecular weight is 538 g/mol. The normalized spacial score (nSPS) is 13.2. The molecular formula is C32H28ClN3OS. The fourth-order valence-electron chi connectivity index (χ4n) is 5.31. The second-order valence-electron chi connectivity index (χ2n) is 9.70. The van der Waals surface area contributed by atoms with Gasteiger partial charge in [0.15, 0.2) is 0 Å². The lowest BCUT2D eigenvalue weighted by Gasteiger charge is -2.12. The molecule has 5 aromatic rings. The van der Waals surface area contributed by atoms with Crippen molar-refractivity contribution in [2.75, 3.05) is 5.32 Å². The summed E-state index contributed by atoms with van der Waals surface area (Å²) < 4.78 is 2.32. The maximum absolute atomic E-state index is 13.5. The van der Waals surface area contributed by atoms with Gasteiger partial charge in [0.1, 0.15) is 5.00 Å². The molecule has 0 saturated heterocycles. The Morgan fingerprint density at radius 1 is 1.00 bits per heavy atom. The van der Waals surface area contributed by atoms with Crippen molar-refractivity contribution in [3.8, 4) is 0 Å². The molecule has 0 aliphatic heterocycles. The van der Waals surface area contributed by atoms with Crippen LogP contribution in [-0.2, 0) is 19.4 Å². The summed E-state index contributed by atoms with van der Waals surface area (Å²) in [5.74, 6) is -0.0790. The van der Waals surface area contributed by atoms with E-state index in [0.717, 1.165) is 75.7 Å². The second-order valence-corrected chi connectivity index (χ2v) is 11.2. The second kappa shape index (κ2) is 10.6. The zero-order valence-electron chi connectivity index (χ0n) is 21.2. The summed E-state index contributed by atoms with van der Waals surface area (Å²) in [4.78, 5) is 19.8. The van der Waals surface area contributed by atoms with Crippen molar-refractivity contribution < 1.29 is 4.79 Å². The van der Waals surface area contributed by atoms with Gasteiger partial charge >= 0.3 is 0 Å². The highest BCUT2D eigenvalue weighted by atomic mass is 35.5. The zero-order chi connectivity index (χ0) is 26.1. The summed E-state index contributed by atoms with van der Waals surface area (Å²) in [6.45, 7) is 2.88. The number of anilines is 1. The van der Waals surface area contributed by atoms with Crippen LogP contribution in [0.4, 0.5) is 10.7 Å². The maximum Gasteiger partial charge on any atom is 0.259 e. The molecule has 0 bridgehead atoms. The molecule has 1 N–H and O–H groups in total. The number of carbonyl (C=O) groups excluding carboxylic acids is 1. The number of rotatable bonds is 6. The molecule has 190 valence electrons. The van der Waals surface area contributed by atoms with Crippen molar-refractivity contribution in [1.29, 1.82) is 0 Å². The Labute approximate surface area is 231 Å². The van der Waals surface area contributed by atoms with E-state index in [1.54, 1.807) is 11.3 Å². The Hall–Kier alpha value is -3.67. The van der Waals surface area contributed by atoms with Crippen LogP contribution in [0.1, 0.15) is 50.5 Å². The minimum absolute atomic E-state index is 0.0790. The molecule has 0 spiro atoms. The van der Waals surface area contributed by atoms with Gasteiger partial charge in [-0.3, -0.25) is 4.79 Å². The molecule has 2 aromatic heterocycles. The van der Waals surface area contributed by atoms with Gasteiger partial charge < -0.3 is 9.88 Å². The molecule has 0 atom stereocenters. The zero-order valence-corrected chi connectivity index (χ0v) is 22.8. The van der Waals surface area contributed by atoms with Crippen molar-refractivity contribution in [1.82, 2.24) is 4.57 Å². The van der Waals surface area contributed by atoms with E-state index in [0.29, 0.717) is 0 Å². The Morgan fingerprint density at radius 3 is 2.55 bits per heavy atom. The van der Waals surface area contributed by atoms with E-state index in [4.69, 9.17) is 16.6 Å². The van der Waals surface area contributed by atoms with Crippen LogP contribution >= 0.6 is 22.9 Å². The maximum atomic E-state index is 13.5. The highest BCUT2D eigenvalue weighted by Crippen LogP contribution is 2.40. The lowest BCUT2D eigenvalue weighted by Crippen LogP contribution is -2.14. The van der Waals surface area contributed by atoms with Crippen molar-refractivity contribution in [2.24, 2.45) is 4.99 Å². The molecule has 6 heteroatoms. The number of aryl methyl sites for hydroxylation is 1. The molecule has 3 aromatic carbocycles. The standard InChI is InChI=1S/C32H28ClN3OS/c1-21-27(25-11-5-7-13-28(25)36(21)20-22-15-17-23(33)18-16-22)19-34-32-30(26-12-6-8-14-29(26)38-32)31(37)35-24-9-3-2-4-10-24/h2-5,7,9-11,13,15-19H,6,8,12,14,20H2,1H3,(H,35,37). The first-order chi connectivity index (χ1) is 18.6. The van der Waals surface area contributed by atoms with Crippen LogP contribution in [0.5, 0.6) is 0 Å². The SMILES string of the molecule is Cc1c(C=Nc2sc3c(c2C(=O)Nc2ccccc2)CCCC3)c2ccccc2n1Cc1ccc(Cl)cc1. The van der Waals surface area contributed by atoms with Gasteiger partial charge in [-0.25, -0.2) is 4.99 Å². The van der Waals surface area contributed by atoms with Crippen LogP contribution in [0.3, 0.4) is 0 Å². The number of thiophene rings is 1. The molecular weight excluding hydrogens is 510 g/mol. The van der Waals surface area contributed by atoms with Crippen LogP contribution in [-0.4, -0.2) is 16.7 Å². The summed E-state index contributed by atoms with van der Waals surface area (Å²) in [6, 6.07) is 26.1. The minimum atomic E-state index is -0.0790. The number of nitrogens with one attached hydrogen (secondary N) is 1. The van der Waals surface area contributed by atoms with E-state index in [1.807, 2.05) is 48.7 Å². The van der Waals surface area contributed by atoms with E-state index in [-0.39, 0.29) is 5.91 Å². The first-order valence-electron chi connectivity index (χ1n) is 13.0. The Kier molecular flexibility index (Phi) is 6.88. The number of hydrogen-bond donors (Lipinski definition) is 1. The van der Waals surface area contributed by atoms with E-state index >= 15 is 0 Å². The summed E-state index contributed by atoms with van der Waals surface area (Å²) in [5, 5.41) is 5.77. The van der Waals surface area contributed by atoms with E-state index in [9.17, 15) is 4.79 Å². The van der Waals surface area contributed by atoms with Gasteiger partial charge in [0.2, 0.25) is 0 Å². The lowest BCUT2D eigenvalue weighted by molar-refractivity contribution is 0.102. The van der Waals surface area contributed by atoms with Crippen LogP contribution in [0.2, 0.25) is 5.02 Å².